The number of aromatic nitrogens is 1. The van der Waals surface area contributed by atoms with Crippen LogP contribution in [0.1, 0.15) is 38.3 Å². The number of benzene rings is 1. The highest BCUT2D eigenvalue weighted by molar-refractivity contribution is 6.07. The first-order valence-electron chi connectivity index (χ1n) is 9.79. The SMILES string of the molecule is CCC(C)n1cc(C=NN2C(=O)C3C4C=CC(C4)C3C2=O)c2ccccc21. The topological polar surface area (TPSA) is 54.7 Å². The summed E-state index contributed by atoms with van der Waals surface area (Å²) in [6, 6.07) is 8.55. The van der Waals surface area contributed by atoms with Gasteiger partial charge in [-0.1, -0.05) is 37.3 Å². The Bertz CT molecular complexity index is 972. The van der Waals surface area contributed by atoms with Crippen molar-refractivity contribution in [2.75, 3.05) is 0 Å². The highest BCUT2D eigenvalue weighted by Crippen LogP contribution is 2.52. The van der Waals surface area contributed by atoms with Crippen LogP contribution in [0.3, 0.4) is 0 Å². The van der Waals surface area contributed by atoms with Gasteiger partial charge < -0.3 is 4.57 Å². The number of allylic oxidation sites excluding steroid dienone is 2. The van der Waals surface area contributed by atoms with Crippen LogP contribution in [0.2, 0.25) is 0 Å². The Morgan fingerprint density at radius 2 is 1.81 bits per heavy atom. The molecule has 2 heterocycles. The first-order valence-corrected chi connectivity index (χ1v) is 9.79. The van der Waals surface area contributed by atoms with E-state index in [1.165, 1.54) is 0 Å². The van der Waals surface area contributed by atoms with E-state index in [2.05, 4.69) is 54.0 Å². The summed E-state index contributed by atoms with van der Waals surface area (Å²) in [4.78, 5) is 25.6. The van der Waals surface area contributed by atoms with Crippen LogP contribution >= 0.6 is 0 Å². The van der Waals surface area contributed by atoms with Gasteiger partial charge in [0.2, 0.25) is 0 Å². The smallest absolute Gasteiger partial charge is 0.254 e. The van der Waals surface area contributed by atoms with Crippen molar-refractivity contribution in [1.29, 1.82) is 0 Å². The van der Waals surface area contributed by atoms with Gasteiger partial charge in [0.1, 0.15) is 0 Å². The molecule has 1 aliphatic heterocycles. The van der Waals surface area contributed by atoms with Crippen molar-refractivity contribution in [2.24, 2.45) is 28.8 Å². The van der Waals surface area contributed by atoms with Crippen LogP contribution in [0.4, 0.5) is 0 Å². The second-order valence-corrected chi connectivity index (χ2v) is 8.00. The Balaban J connectivity index is 1.49. The van der Waals surface area contributed by atoms with Crippen LogP contribution in [0.25, 0.3) is 10.9 Å². The number of carbonyl (C=O) groups is 2. The number of rotatable bonds is 4. The first-order chi connectivity index (χ1) is 13.1. The lowest BCUT2D eigenvalue weighted by molar-refractivity contribution is -0.140. The molecular formula is C22H23N3O2. The lowest BCUT2D eigenvalue weighted by Crippen LogP contribution is -2.28. The fourth-order valence-electron chi connectivity index (χ4n) is 5.02. The zero-order valence-corrected chi connectivity index (χ0v) is 15.6. The van der Waals surface area contributed by atoms with Crippen molar-refractivity contribution in [3.63, 3.8) is 0 Å². The summed E-state index contributed by atoms with van der Waals surface area (Å²) in [6.45, 7) is 4.35. The molecule has 5 atom stereocenters. The minimum Gasteiger partial charge on any atom is -0.344 e. The van der Waals surface area contributed by atoms with Crippen molar-refractivity contribution in [1.82, 2.24) is 9.58 Å². The molecule has 2 bridgehead atoms. The second-order valence-electron chi connectivity index (χ2n) is 8.00. The van der Waals surface area contributed by atoms with E-state index in [0.717, 1.165) is 34.3 Å². The van der Waals surface area contributed by atoms with E-state index in [9.17, 15) is 9.59 Å². The zero-order chi connectivity index (χ0) is 18.7. The number of hydrogen-bond acceptors (Lipinski definition) is 3. The van der Waals surface area contributed by atoms with Crippen LogP contribution in [-0.4, -0.2) is 27.6 Å². The van der Waals surface area contributed by atoms with Crippen LogP contribution in [-0.2, 0) is 9.59 Å². The van der Waals surface area contributed by atoms with Gasteiger partial charge in [-0.3, -0.25) is 9.59 Å². The molecule has 5 rings (SSSR count). The van der Waals surface area contributed by atoms with Gasteiger partial charge in [-0.2, -0.15) is 10.1 Å². The summed E-state index contributed by atoms with van der Waals surface area (Å²) in [5.74, 6) is -0.252. The van der Waals surface area contributed by atoms with Crippen molar-refractivity contribution < 1.29 is 9.59 Å². The summed E-state index contributed by atoms with van der Waals surface area (Å²) in [7, 11) is 0. The van der Waals surface area contributed by atoms with Gasteiger partial charge in [-0.15, -0.1) is 0 Å². The molecule has 5 nitrogen and oxygen atoms in total. The van der Waals surface area contributed by atoms with Gasteiger partial charge in [0.15, 0.2) is 0 Å². The van der Waals surface area contributed by atoms with Gasteiger partial charge in [0.05, 0.1) is 18.1 Å². The van der Waals surface area contributed by atoms with Crippen molar-refractivity contribution in [2.45, 2.75) is 32.7 Å². The van der Waals surface area contributed by atoms with E-state index < -0.39 is 0 Å². The number of fused-ring (bicyclic) bond motifs is 6. The monoisotopic (exact) mass is 361 g/mol. The summed E-state index contributed by atoms with van der Waals surface area (Å²) < 4.78 is 2.24. The number of imide groups is 1. The number of hydrogen-bond donors (Lipinski definition) is 0. The Morgan fingerprint density at radius 1 is 1.15 bits per heavy atom. The zero-order valence-electron chi connectivity index (χ0n) is 15.6. The van der Waals surface area contributed by atoms with Gasteiger partial charge in [-0.05, 0) is 37.7 Å². The highest BCUT2D eigenvalue weighted by Gasteiger charge is 2.59. The molecule has 5 heteroatoms. The van der Waals surface area contributed by atoms with E-state index >= 15 is 0 Å². The van der Waals surface area contributed by atoms with Crippen molar-refractivity contribution in [3.05, 3.63) is 48.2 Å². The van der Waals surface area contributed by atoms with Crippen LogP contribution in [0.15, 0.2) is 47.7 Å². The molecule has 2 aliphatic carbocycles. The quantitative estimate of drug-likeness (QED) is 0.473. The molecular weight excluding hydrogens is 338 g/mol. The van der Waals surface area contributed by atoms with Gasteiger partial charge in [-0.25, -0.2) is 0 Å². The Morgan fingerprint density at radius 3 is 2.48 bits per heavy atom. The highest BCUT2D eigenvalue weighted by atomic mass is 16.2. The standard InChI is InChI=1S/C22H23N3O2/c1-3-13(2)24-12-16(17-6-4-5-7-18(17)24)11-23-25-21(26)19-14-8-9-15(10-14)20(19)22(25)27/h4-9,11-15,19-20H,3,10H2,1-2H3. The summed E-state index contributed by atoms with van der Waals surface area (Å²) in [5, 5.41) is 6.56. The molecule has 2 aromatic rings. The van der Waals surface area contributed by atoms with Gasteiger partial charge in [0.25, 0.3) is 11.8 Å². The van der Waals surface area contributed by atoms with E-state index in [4.69, 9.17) is 0 Å². The van der Waals surface area contributed by atoms with Crippen LogP contribution in [0, 0.1) is 23.7 Å². The maximum absolute atomic E-state index is 12.8. The normalized spacial score (nSPS) is 30.2. The Kier molecular flexibility index (Phi) is 3.61. The Hall–Kier alpha value is -2.69. The number of nitrogens with zero attached hydrogens (tertiary/aromatic N) is 3. The predicted molar refractivity (Wildman–Crippen MR) is 104 cm³/mol. The van der Waals surface area contributed by atoms with Crippen molar-refractivity contribution >= 4 is 28.9 Å². The number of amides is 2. The average molecular weight is 361 g/mol. The van der Waals surface area contributed by atoms with E-state index in [1.54, 1.807) is 6.21 Å². The minimum absolute atomic E-state index is 0.135. The second kappa shape index (κ2) is 5.91. The van der Waals surface area contributed by atoms with Crippen LogP contribution in [0.5, 0.6) is 0 Å². The maximum Gasteiger partial charge on any atom is 0.254 e. The summed E-state index contributed by atoms with van der Waals surface area (Å²) >= 11 is 0. The maximum atomic E-state index is 12.8. The first kappa shape index (κ1) is 16.5. The third kappa shape index (κ3) is 2.27. The molecule has 27 heavy (non-hydrogen) atoms. The molecule has 1 aromatic heterocycles. The summed E-state index contributed by atoms with van der Waals surface area (Å²) in [5.41, 5.74) is 2.08. The molecule has 2 fully saturated rings. The molecule has 0 radical (unpaired) electrons. The third-order valence-corrected chi connectivity index (χ3v) is 6.60. The number of hydrazone groups is 1. The van der Waals surface area contributed by atoms with Gasteiger partial charge in [0, 0.05) is 28.7 Å². The van der Waals surface area contributed by atoms with E-state index in [-0.39, 0.29) is 35.5 Å². The van der Waals surface area contributed by atoms with Crippen LogP contribution < -0.4 is 0 Å². The lowest BCUT2D eigenvalue weighted by atomic mass is 9.85. The average Bonchev–Trinajstić information content (AvgIpc) is 3.43. The molecule has 1 saturated heterocycles. The molecule has 2 amide bonds. The fraction of sp³-hybridized carbons (Fsp3) is 0.409. The van der Waals surface area contributed by atoms with E-state index in [1.807, 2.05) is 12.1 Å². The lowest BCUT2D eigenvalue weighted by Gasteiger charge is -2.13. The minimum atomic E-state index is -0.203. The fourth-order valence-corrected chi connectivity index (χ4v) is 5.02. The molecule has 0 N–H and O–H groups in total. The molecule has 1 saturated carbocycles. The predicted octanol–water partition coefficient (Wildman–Crippen LogP) is 3.75. The van der Waals surface area contributed by atoms with Gasteiger partial charge >= 0.3 is 0 Å². The summed E-state index contributed by atoms with van der Waals surface area (Å²) in [6.07, 6.45) is 9.91. The molecule has 138 valence electrons. The molecule has 0 spiro atoms. The molecule has 5 unspecified atom stereocenters. The van der Waals surface area contributed by atoms with E-state index in [0.29, 0.717) is 6.04 Å². The number of para-hydroxylation sites is 1. The Labute approximate surface area is 158 Å². The third-order valence-electron chi connectivity index (χ3n) is 6.60. The molecule has 1 aromatic carbocycles. The largest absolute Gasteiger partial charge is 0.344 e. The molecule has 3 aliphatic rings. The number of carbonyl (C=O) groups excluding carboxylic acids is 2. The van der Waals surface area contributed by atoms with Crippen molar-refractivity contribution in [3.8, 4) is 0 Å².